The zero-order chi connectivity index (χ0) is 14.4. The zero-order valence-electron chi connectivity index (χ0n) is 12.6. The summed E-state index contributed by atoms with van der Waals surface area (Å²) in [4.78, 5) is 2.54. The van der Waals surface area contributed by atoms with Crippen LogP contribution < -0.4 is 6.15 Å². The Morgan fingerprint density at radius 3 is 1.47 bits per heavy atom. The topological polar surface area (TPSA) is 113 Å². The van der Waals surface area contributed by atoms with Crippen LogP contribution in [-0.4, -0.2) is 55.0 Å². The Labute approximate surface area is 118 Å². The van der Waals surface area contributed by atoms with Crippen molar-refractivity contribution < 1.29 is 18.1 Å². The first-order valence-corrected chi connectivity index (χ1v) is 8.30. The fourth-order valence-corrected chi connectivity index (χ4v) is 2.02. The van der Waals surface area contributed by atoms with Crippen molar-refractivity contribution in [3.05, 3.63) is 0 Å². The number of nitrogens with zero attached hydrogens (tertiary/aromatic N) is 1. The SMILES string of the molecule is CCCN(CCC)CCC.N.O=S(=O)(O)CCCO. The van der Waals surface area contributed by atoms with Crippen LogP contribution in [0.4, 0.5) is 0 Å². The summed E-state index contributed by atoms with van der Waals surface area (Å²) in [5.74, 6) is -0.358. The molecule has 120 valence electrons. The van der Waals surface area contributed by atoms with Gasteiger partial charge in [-0.1, -0.05) is 20.8 Å². The molecule has 0 aliphatic heterocycles. The van der Waals surface area contributed by atoms with Gasteiger partial charge in [0.15, 0.2) is 0 Å². The van der Waals surface area contributed by atoms with Gasteiger partial charge in [0.05, 0.1) is 5.75 Å². The first-order valence-electron chi connectivity index (χ1n) is 6.69. The maximum Gasteiger partial charge on any atom is 0.264 e. The Balaban J connectivity index is -0.000000262. The van der Waals surface area contributed by atoms with Crippen LogP contribution in [0.25, 0.3) is 0 Å². The molecular formula is C12H32N2O4S. The van der Waals surface area contributed by atoms with Crippen molar-refractivity contribution in [1.82, 2.24) is 11.1 Å². The van der Waals surface area contributed by atoms with E-state index in [0.717, 1.165) is 0 Å². The van der Waals surface area contributed by atoms with E-state index in [1.165, 1.54) is 38.9 Å². The quantitative estimate of drug-likeness (QED) is 0.561. The minimum atomic E-state index is -3.85. The molecule has 0 fully saturated rings. The number of hydrogen-bond acceptors (Lipinski definition) is 5. The second kappa shape index (κ2) is 15.8. The molecule has 6 nitrogen and oxygen atoms in total. The molecule has 7 heteroatoms. The molecule has 0 unspecified atom stereocenters. The average molecular weight is 300 g/mol. The molecule has 0 aromatic heterocycles. The van der Waals surface area contributed by atoms with Gasteiger partial charge in [-0.25, -0.2) is 0 Å². The van der Waals surface area contributed by atoms with Gasteiger partial charge in [0.25, 0.3) is 10.1 Å². The number of hydrogen-bond donors (Lipinski definition) is 3. The summed E-state index contributed by atoms with van der Waals surface area (Å²) >= 11 is 0. The predicted molar refractivity (Wildman–Crippen MR) is 80.5 cm³/mol. The van der Waals surface area contributed by atoms with Gasteiger partial charge >= 0.3 is 0 Å². The van der Waals surface area contributed by atoms with Gasteiger partial charge < -0.3 is 16.2 Å². The van der Waals surface area contributed by atoms with Gasteiger partial charge in [-0.05, 0) is 45.3 Å². The standard InChI is InChI=1S/C9H21N.C3H8O4S.H3N/c1-4-7-10(8-5-2)9-6-3;4-2-1-3-8(5,6)7;/h4-9H2,1-3H3;4H,1-3H2,(H,5,6,7);1H3. The fraction of sp³-hybridized carbons (Fsp3) is 1.00. The molecule has 0 spiro atoms. The molecule has 0 heterocycles. The Hall–Kier alpha value is -0.210. The average Bonchev–Trinajstić information content (AvgIpc) is 2.27. The Bertz CT molecular complexity index is 244. The Morgan fingerprint density at radius 2 is 1.32 bits per heavy atom. The lowest BCUT2D eigenvalue weighted by Gasteiger charge is -2.19. The predicted octanol–water partition coefficient (Wildman–Crippen LogP) is 1.94. The normalized spacial score (nSPS) is 10.6. The summed E-state index contributed by atoms with van der Waals surface area (Å²) in [7, 11) is -3.85. The third kappa shape index (κ3) is 23.3. The highest BCUT2D eigenvalue weighted by atomic mass is 32.2. The fourth-order valence-electron chi connectivity index (χ4n) is 1.53. The summed E-state index contributed by atoms with van der Waals surface area (Å²) < 4.78 is 27.7. The van der Waals surface area contributed by atoms with Crippen LogP contribution in [0.3, 0.4) is 0 Å². The maximum absolute atomic E-state index is 9.83. The van der Waals surface area contributed by atoms with Crippen molar-refractivity contribution in [2.24, 2.45) is 0 Å². The molecule has 0 amide bonds. The second-order valence-corrected chi connectivity index (χ2v) is 5.78. The van der Waals surface area contributed by atoms with Crippen LogP contribution in [0, 0.1) is 0 Å². The van der Waals surface area contributed by atoms with Crippen molar-refractivity contribution >= 4 is 10.1 Å². The Morgan fingerprint density at radius 1 is 0.947 bits per heavy atom. The molecule has 0 saturated carbocycles. The largest absolute Gasteiger partial charge is 0.396 e. The molecule has 0 saturated heterocycles. The van der Waals surface area contributed by atoms with E-state index in [1.807, 2.05) is 0 Å². The molecule has 0 aromatic rings. The lowest BCUT2D eigenvalue weighted by molar-refractivity contribution is 0.275. The highest BCUT2D eigenvalue weighted by Crippen LogP contribution is 1.94. The number of aliphatic hydroxyl groups excluding tert-OH is 1. The first kappa shape index (κ1) is 23.9. The van der Waals surface area contributed by atoms with Gasteiger partial charge in [-0.3, -0.25) is 4.55 Å². The second-order valence-electron chi connectivity index (χ2n) is 4.20. The molecule has 19 heavy (non-hydrogen) atoms. The van der Waals surface area contributed by atoms with E-state index in [9.17, 15) is 8.42 Å². The maximum atomic E-state index is 9.83. The first-order chi connectivity index (χ1) is 8.41. The highest BCUT2D eigenvalue weighted by molar-refractivity contribution is 7.85. The summed E-state index contributed by atoms with van der Waals surface area (Å²) in [5, 5.41) is 8.05. The molecule has 0 aliphatic rings. The van der Waals surface area contributed by atoms with E-state index < -0.39 is 10.1 Å². The van der Waals surface area contributed by atoms with E-state index in [0.29, 0.717) is 0 Å². The monoisotopic (exact) mass is 300 g/mol. The van der Waals surface area contributed by atoms with Crippen molar-refractivity contribution in [3.8, 4) is 0 Å². The van der Waals surface area contributed by atoms with E-state index in [1.54, 1.807) is 0 Å². The summed E-state index contributed by atoms with van der Waals surface area (Å²) in [6.45, 7) is 10.4. The van der Waals surface area contributed by atoms with Crippen LogP contribution in [0.2, 0.25) is 0 Å². The van der Waals surface area contributed by atoms with Crippen LogP contribution in [-0.2, 0) is 10.1 Å². The van der Waals surface area contributed by atoms with E-state index in [-0.39, 0.29) is 24.9 Å². The smallest absolute Gasteiger partial charge is 0.264 e. The van der Waals surface area contributed by atoms with Gasteiger partial charge in [-0.2, -0.15) is 8.42 Å². The lowest BCUT2D eigenvalue weighted by Crippen LogP contribution is -2.25. The Kier molecular flexibility index (Phi) is 19.9. The summed E-state index contributed by atoms with van der Waals surface area (Å²) in [6, 6.07) is 0. The number of aliphatic hydroxyl groups is 1. The van der Waals surface area contributed by atoms with Crippen LogP contribution in [0.1, 0.15) is 46.5 Å². The van der Waals surface area contributed by atoms with Crippen molar-refractivity contribution in [3.63, 3.8) is 0 Å². The molecule has 0 bridgehead atoms. The summed E-state index contributed by atoms with van der Waals surface area (Å²) in [5.41, 5.74) is 0. The van der Waals surface area contributed by atoms with Crippen molar-refractivity contribution in [2.45, 2.75) is 46.5 Å². The molecule has 0 atom stereocenters. The molecule has 0 rings (SSSR count). The summed E-state index contributed by atoms with van der Waals surface area (Å²) in [6.07, 6.45) is 3.97. The molecule has 0 aromatic carbocycles. The lowest BCUT2D eigenvalue weighted by atomic mass is 10.3. The highest BCUT2D eigenvalue weighted by Gasteiger charge is 2.00. The van der Waals surface area contributed by atoms with E-state index >= 15 is 0 Å². The van der Waals surface area contributed by atoms with Gasteiger partial charge in [0, 0.05) is 6.61 Å². The third-order valence-corrected chi connectivity index (χ3v) is 2.98. The zero-order valence-corrected chi connectivity index (χ0v) is 13.5. The minimum absolute atomic E-state index is 0. The van der Waals surface area contributed by atoms with Gasteiger partial charge in [0.2, 0.25) is 0 Å². The van der Waals surface area contributed by atoms with Crippen LogP contribution >= 0.6 is 0 Å². The molecule has 0 aliphatic carbocycles. The molecular weight excluding hydrogens is 268 g/mol. The van der Waals surface area contributed by atoms with Crippen molar-refractivity contribution in [1.29, 1.82) is 0 Å². The van der Waals surface area contributed by atoms with Crippen LogP contribution in [0.15, 0.2) is 0 Å². The number of rotatable bonds is 9. The third-order valence-electron chi connectivity index (χ3n) is 2.18. The van der Waals surface area contributed by atoms with Gasteiger partial charge in [0.1, 0.15) is 0 Å². The van der Waals surface area contributed by atoms with Crippen LogP contribution in [0.5, 0.6) is 0 Å². The molecule has 5 N–H and O–H groups in total. The minimum Gasteiger partial charge on any atom is -0.396 e. The van der Waals surface area contributed by atoms with E-state index in [4.69, 9.17) is 9.66 Å². The van der Waals surface area contributed by atoms with Crippen molar-refractivity contribution in [2.75, 3.05) is 32.0 Å². The van der Waals surface area contributed by atoms with Gasteiger partial charge in [-0.15, -0.1) is 0 Å². The van der Waals surface area contributed by atoms with E-state index in [2.05, 4.69) is 25.7 Å². The molecule has 0 radical (unpaired) electrons.